The van der Waals surface area contributed by atoms with Crippen LogP contribution in [0.15, 0.2) is 84.9 Å². The maximum absolute atomic E-state index is 13.0. The van der Waals surface area contributed by atoms with Gasteiger partial charge in [0.1, 0.15) is 5.82 Å². The number of rotatable bonds is 4. The van der Waals surface area contributed by atoms with Crippen molar-refractivity contribution < 1.29 is 9.18 Å². The number of carbonyl (C=O) groups is 1. The Balaban J connectivity index is 1.68. The first-order valence-corrected chi connectivity index (χ1v) is 8.76. The van der Waals surface area contributed by atoms with Crippen LogP contribution in [0, 0.1) is 5.82 Å². The molecule has 4 nitrogen and oxygen atoms in total. The topological polar surface area (TPSA) is 53.2 Å². The second kappa shape index (κ2) is 8.91. The smallest absolute Gasteiger partial charge is 0.250 e. The Morgan fingerprint density at radius 3 is 1.81 bits per heavy atom. The minimum atomic E-state index is -0.478. The molecular formula is C21H18FN3OS. The van der Waals surface area contributed by atoms with Crippen LogP contribution in [0.3, 0.4) is 0 Å². The fourth-order valence-electron chi connectivity index (χ4n) is 2.67. The van der Waals surface area contributed by atoms with Gasteiger partial charge in [0.2, 0.25) is 5.91 Å². The first-order valence-electron chi connectivity index (χ1n) is 8.36. The third-order valence-corrected chi connectivity index (χ3v) is 4.13. The molecule has 3 N–H and O–H groups in total. The number of anilines is 1. The SMILES string of the molecule is O=C(NNC(=S)Nc1ccc(F)cc1)C(c1ccccc1)c1ccccc1. The summed E-state index contributed by atoms with van der Waals surface area (Å²) in [6.45, 7) is 0. The lowest BCUT2D eigenvalue weighted by atomic mass is 9.91. The van der Waals surface area contributed by atoms with E-state index in [1.54, 1.807) is 12.1 Å². The Labute approximate surface area is 162 Å². The third kappa shape index (κ3) is 5.12. The predicted octanol–water partition coefficient (Wildman–Crippen LogP) is 3.98. The number of carbonyl (C=O) groups excluding carboxylic acids is 1. The molecule has 27 heavy (non-hydrogen) atoms. The lowest BCUT2D eigenvalue weighted by Gasteiger charge is -2.19. The van der Waals surface area contributed by atoms with Gasteiger partial charge >= 0.3 is 0 Å². The number of thiocarbonyl (C=S) groups is 1. The zero-order valence-electron chi connectivity index (χ0n) is 14.4. The van der Waals surface area contributed by atoms with Crippen LogP contribution in [-0.2, 0) is 4.79 Å². The molecule has 0 atom stereocenters. The second-order valence-electron chi connectivity index (χ2n) is 5.83. The van der Waals surface area contributed by atoms with E-state index in [0.717, 1.165) is 11.1 Å². The molecule has 0 bridgehead atoms. The van der Waals surface area contributed by atoms with Crippen LogP contribution >= 0.6 is 12.2 Å². The van der Waals surface area contributed by atoms with Gasteiger partial charge in [0.05, 0.1) is 5.92 Å². The highest BCUT2D eigenvalue weighted by Gasteiger charge is 2.22. The first kappa shape index (κ1) is 18.5. The third-order valence-electron chi connectivity index (χ3n) is 3.93. The van der Waals surface area contributed by atoms with Crippen LogP contribution in [0.1, 0.15) is 17.0 Å². The number of amides is 1. The van der Waals surface area contributed by atoms with Gasteiger partial charge in [-0.25, -0.2) is 4.39 Å². The van der Waals surface area contributed by atoms with Crippen molar-refractivity contribution in [3.05, 3.63) is 102 Å². The quantitative estimate of drug-likeness (QED) is 0.474. The van der Waals surface area contributed by atoms with Crippen LogP contribution < -0.4 is 16.2 Å². The van der Waals surface area contributed by atoms with E-state index < -0.39 is 5.92 Å². The molecule has 0 aliphatic carbocycles. The van der Waals surface area contributed by atoms with E-state index in [-0.39, 0.29) is 16.8 Å². The molecule has 1 amide bonds. The summed E-state index contributed by atoms with van der Waals surface area (Å²) in [5, 5.41) is 3.09. The molecule has 0 heterocycles. The average molecular weight is 379 g/mol. The van der Waals surface area contributed by atoms with Crippen LogP contribution in [0.25, 0.3) is 0 Å². The second-order valence-corrected chi connectivity index (χ2v) is 6.24. The van der Waals surface area contributed by atoms with Crippen molar-refractivity contribution in [2.75, 3.05) is 5.32 Å². The molecular weight excluding hydrogens is 361 g/mol. The van der Waals surface area contributed by atoms with Crippen LogP contribution in [0.4, 0.5) is 10.1 Å². The number of nitrogens with one attached hydrogen (secondary N) is 3. The van der Waals surface area contributed by atoms with Gasteiger partial charge in [0, 0.05) is 5.69 Å². The van der Waals surface area contributed by atoms with Crippen molar-refractivity contribution in [2.45, 2.75) is 5.92 Å². The monoisotopic (exact) mass is 379 g/mol. The summed E-state index contributed by atoms with van der Waals surface area (Å²) in [4.78, 5) is 12.8. The summed E-state index contributed by atoms with van der Waals surface area (Å²) in [5.41, 5.74) is 7.70. The van der Waals surface area contributed by atoms with Gasteiger partial charge in [0.25, 0.3) is 0 Å². The predicted molar refractivity (Wildman–Crippen MR) is 109 cm³/mol. The summed E-state index contributed by atoms with van der Waals surface area (Å²) >= 11 is 5.18. The molecule has 0 fully saturated rings. The standard InChI is InChI=1S/C21H18FN3OS/c22-17-11-13-18(14-12-17)23-21(27)25-24-20(26)19(15-7-3-1-4-8-15)16-9-5-2-6-10-16/h1-14,19H,(H,24,26)(H2,23,25,27). The first-order chi connectivity index (χ1) is 13.1. The Kier molecular flexibility index (Phi) is 6.12. The van der Waals surface area contributed by atoms with E-state index in [0.29, 0.717) is 5.69 Å². The van der Waals surface area contributed by atoms with E-state index in [2.05, 4.69) is 16.2 Å². The normalized spacial score (nSPS) is 10.3. The van der Waals surface area contributed by atoms with Gasteiger partial charge in [-0.1, -0.05) is 60.7 Å². The van der Waals surface area contributed by atoms with Gasteiger partial charge < -0.3 is 5.32 Å². The van der Waals surface area contributed by atoms with Crippen molar-refractivity contribution >= 4 is 28.9 Å². The average Bonchev–Trinajstić information content (AvgIpc) is 2.70. The Bertz CT molecular complexity index is 862. The summed E-state index contributed by atoms with van der Waals surface area (Å²) < 4.78 is 13.0. The Hall–Kier alpha value is -3.25. The molecule has 0 spiro atoms. The zero-order chi connectivity index (χ0) is 19.1. The Morgan fingerprint density at radius 2 is 1.30 bits per heavy atom. The van der Waals surface area contributed by atoms with E-state index in [1.165, 1.54) is 12.1 Å². The van der Waals surface area contributed by atoms with Gasteiger partial charge in [-0.2, -0.15) is 0 Å². The minimum absolute atomic E-state index is 0.204. The van der Waals surface area contributed by atoms with E-state index in [1.807, 2.05) is 60.7 Å². The molecule has 6 heteroatoms. The molecule has 0 aromatic heterocycles. The van der Waals surface area contributed by atoms with E-state index >= 15 is 0 Å². The van der Waals surface area contributed by atoms with Gasteiger partial charge in [0.15, 0.2) is 5.11 Å². The minimum Gasteiger partial charge on any atom is -0.331 e. The van der Waals surface area contributed by atoms with Gasteiger partial charge in [-0.05, 0) is 47.6 Å². The van der Waals surface area contributed by atoms with Crippen molar-refractivity contribution in [1.29, 1.82) is 0 Å². The lowest BCUT2D eigenvalue weighted by molar-refractivity contribution is -0.122. The largest absolute Gasteiger partial charge is 0.331 e. The number of hydrogen-bond donors (Lipinski definition) is 3. The van der Waals surface area contributed by atoms with Crippen LogP contribution in [0.5, 0.6) is 0 Å². The lowest BCUT2D eigenvalue weighted by Crippen LogP contribution is -2.45. The summed E-state index contributed by atoms with van der Waals surface area (Å²) in [7, 11) is 0. The number of benzene rings is 3. The van der Waals surface area contributed by atoms with E-state index in [4.69, 9.17) is 12.2 Å². The number of halogens is 1. The summed E-state index contributed by atoms with van der Waals surface area (Å²) in [5.74, 6) is -1.05. The van der Waals surface area contributed by atoms with Crippen molar-refractivity contribution in [1.82, 2.24) is 10.9 Å². The van der Waals surface area contributed by atoms with Gasteiger partial charge in [-0.15, -0.1) is 0 Å². The summed E-state index contributed by atoms with van der Waals surface area (Å²) in [6, 6.07) is 24.8. The molecule has 3 aromatic carbocycles. The van der Waals surface area contributed by atoms with Crippen molar-refractivity contribution in [2.24, 2.45) is 0 Å². The molecule has 0 aliphatic rings. The van der Waals surface area contributed by atoms with Crippen molar-refractivity contribution in [3.8, 4) is 0 Å². The molecule has 0 radical (unpaired) electrons. The molecule has 0 saturated carbocycles. The highest BCUT2D eigenvalue weighted by molar-refractivity contribution is 7.80. The fourth-order valence-corrected chi connectivity index (χ4v) is 2.84. The maximum atomic E-state index is 13.0. The molecule has 3 rings (SSSR count). The molecule has 0 aliphatic heterocycles. The van der Waals surface area contributed by atoms with Crippen molar-refractivity contribution in [3.63, 3.8) is 0 Å². The number of hydrazine groups is 1. The molecule has 3 aromatic rings. The highest BCUT2D eigenvalue weighted by atomic mass is 32.1. The van der Waals surface area contributed by atoms with E-state index in [9.17, 15) is 9.18 Å². The molecule has 0 saturated heterocycles. The molecule has 0 unspecified atom stereocenters. The highest BCUT2D eigenvalue weighted by Crippen LogP contribution is 2.24. The van der Waals surface area contributed by atoms with Crippen LogP contribution in [0.2, 0.25) is 0 Å². The van der Waals surface area contributed by atoms with Crippen LogP contribution in [-0.4, -0.2) is 11.0 Å². The fraction of sp³-hybridized carbons (Fsp3) is 0.0476. The Morgan fingerprint density at radius 1 is 0.778 bits per heavy atom. The number of hydrogen-bond acceptors (Lipinski definition) is 2. The van der Waals surface area contributed by atoms with Gasteiger partial charge in [-0.3, -0.25) is 15.6 Å². The maximum Gasteiger partial charge on any atom is 0.250 e. The zero-order valence-corrected chi connectivity index (χ0v) is 15.2. The summed E-state index contributed by atoms with van der Waals surface area (Å²) in [6.07, 6.45) is 0. The molecule has 136 valence electrons.